The van der Waals surface area contributed by atoms with E-state index in [1.165, 1.54) is 17.2 Å². The SMILES string of the molecule is CCN(C(=O)c1cccc(C)c1-n1nccn1)[C@@H](C)COc1ccc(C(F)(F)F)cn1. The van der Waals surface area contributed by atoms with Crippen LogP contribution in [-0.2, 0) is 6.18 Å². The van der Waals surface area contributed by atoms with Gasteiger partial charge in [0.2, 0.25) is 5.88 Å². The van der Waals surface area contributed by atoms with Crippen molar-refractivity contribution >= 4 is 5.91 Å². The third-order valence-corrected chi connectivity index (χ3v) is 4.76. The summed E-state index contributed by atoms with van der Waals surface area (Å²) in [5.41, 5.74) is 1.03. The van der Waals surface area contributed by atoms with E-state index in [1.54, 1.807) is 24.0 Å². The fraction of sp³-hybridized carbons (Fsp3) is 0.333. The van der Waals surface area contributed by atoms with Gasteiger partial charge in [-0.1, -0.05) is 12.1 Å². The van der Waals surface area contributed by atoms with Crippen molar-refractivity contribution < 1.29 is 22.7 Å². The van der Waals surface area contributed by atoms with Crippen molar-refractivity contribution in [3.05, 3.63) is 65.6 Å². The molecule has 3 rings (SSSR count). The molecule has 1 amide bonds. The molecule has 10 heteroatoms. The topological polar surface area (TPSA) is 73.1 Å². The van der Waals surface area contributed by atoms with Crippen molar-refractivity contribution in [1.29, 1.82) is 0 Å². The number of rotatable bonds is 7. The minimum absolute atomic E-state index is 0.0559. The van der Waals surface area contributed by atoms with Gasteiger partial charge in [-0.05, 0) is 38.5 Å². The fourth-order valence-electron chi connectivity index (χ4n) is 3.17. The lowest BCUT2D eigenvalue weighted by atomic mass is 10.1. The van der Waals surface area contributed by atoms with Crippen molar-refractivity contribution in [3.8, 4) is 11.6 Å². The van der Waals surface area contributed by atoms with Crippen LogP contribution in [0.2, 0.25) is 0 Å². The molecule has 0 spiro atoms. The van der Waals surface area contributed by atoms with E-state index in [2.05, 4.69) is 15.2 Å². The zero-order valence-electron chi connectivity index (χ0n) is 17.3. The van der Waals surface area contributed by atoms with E-state index >= 15 is 0 Å². The Morgan fingerprint density at radius 3 is 2.48 bits per heavy atom. The summed E-state index contributed by atoms with van der Waals surface area (Å²) in [7, 11) is 0. The van der Waals surface area contributed by atoms with Gasteiger partial charge < -0.3 is 9.64 Å². The molecule has 0 saturated heterocycles. The molecule has 7 nitrogen and oxygen atoms in total. The van der Waals surface area contributed by atoms with E-state index in [0.717, 1.165) is 23.9 Å². The lowest BCUT2D eigenvalue weighted by molar-refractivity contribution is -0.137. The maximum absolute atomic E-state index is 13.3. The predicted octanol–water partition coefficient (Wildman–Crippen LogP) is 3.92. The van der Waals surface area contributed by atoms with Crippen molar-refractivity contribution in [2.45, 2.75) is 33.0 Å². The number of ether oxygens (including phenoxy) is 1. The van der Waals surface area contributed by atoms with E-state index in [0.29, 0.717) is 17.8 Å². The molecule has 1 atom stereocenters. The van der Waals surface area contributed by atoms with Crippen molar-refractivity contribution in [3.63, 3.8) is 0 Å². The number of alkyl halides is 3. The number of hydrogen-bond donors (Lipinski definition) is 0. The molecule has 2 heterocycles. The van der Waals surface area contributed by atoms with Crippen molar-refractivity contribution in [2.75, 3.05) is 13.2 Å². The number of carbonyl (C=O) groups excluding carboxylic acids is 1. The van der Waals surface area contributed by atoms with Crippen LogP contribution in [0.15, 0.2) is 48.9 Å². The summed E-state index contributed by atoms with van der Waals surface area (Å²) in [4.78, 5) is 20.0. The highest BCUT2D eigenvalue weighted by Crippen LogP contribution is 2.29. The van der Waals surface area contributed by atoms with E-state index < -0.39 is 11.7 Å². The molecular formula is C21H22F3N5O2. The molecule has 0 unspecified atom stereocenters. The van der Waals surface area contributed by atoms with Crippen molar-refractivity contribution in [1.82, 2.24) is 24.9 Å². The van der Waals surface area contributed by atoms with Crippen LogP contribution in [0.3, 0.4) is 0 Å². The molecule has 164 valence electrons. The first-order chi connectivity index (χ1) is 14.7. The van der Waals surface area contributed by atoms with Crippen LogP contribution in [0.1, 0.15) is 35.3 Å². The third-order valence-electron chi connectivity index (χ3n) is 4.76. The van der Waals surface area contributed by atoms with Crippen LogP contribution in [0.5, 0.6) is 5.88 Å². The van der Waals surface area contributed by atoms with Crippen LogP contribution >= 0.6 is 0 Å². The zero-order chi connectivity index (χ0) is 22.6. The predicted molar refractivity (Wildman–Crippen MR) is 107 cm³/mol. The third kappa shape index (κ3) is 5.01. The molecule has 1 aromatic carbocycles. The summed E-state index contributed by atoms with van der Waals surface area (Å²) in [6.07, 6.45) is -0.671. The summed E-state index contributed by atoms with van der Waals surface area (Å²) < 4.78 is 43.5. The number of amides is 1. The summed E-state index contributed by atoms with van der Waals surface area (Å²) in [5, 5.41) is 8.28. The molecule has 0 aliphatic carbocycles. The summed E-state index contributed by atoms with van der Waals surface area (Å²) in [6, 6.07) is 7.08. The molecule has 2 aromatic heterocycles. The highest BCUT2D eigenvalue weighted by atomic mass is 19.4. The first-order valence-electron chi connectivity index (χ1n) is 9.65. The summed E-state index contributed by atoms with van der Waals surface area (Å²) in [5.74, 6) is -0.171. The Morgan fingerprint density at radius 2 is 1.90 bits per heavy atom. The van der Waals surface area contributed by atoms with E-state index in [4.69, 9.17) is 4.74 Å². The number of likely N-dealkylation sites (N-methyl/N-ethyl adjacent to an activating group) is 1. The van der Waals surface area contributed by atoms with E-state index in [-0.39, 0.29) is 24.4 Å². The lowest BCUT2D eigenvalue weighted by Crippen LogP contribution is -2.42. The van der Waals surface area contributed by atoms with E-state index in [9.17, 15) is 18.0 Å². The van der Waals surface area contributed by atoms with Gasteiger partial charge >= 0.3 is 6.18 Å². The molecule has 0 radical (unpaired) electrons. The Kier molecular flexibility index (Phi) is 6.57. The average Bonchev–Trinajstić information content (AvgIpc) is 3.26. The quantitative estimate of drug-likeness (QED) is 0.565. The molecule has 0 bridgehead atoms. The van der Waals surface area contributed by atoms with Crippen molar-refractivity contribution in [2.24, 2.45) is 0 Å². The first kappa shape index (κ1) is 22.3. The Hall–Kier alpha value is -3.43. The second-order valence-corrected chi connectivity index (χ2v) is 6.92. The van der Waals surface area contributed by atoms with Gasteiger partial charge in [-0.15, -0.1) is 0 Å². The molecule has 0 aliphatic rings. The Bertz CT molecular complexity index is 1020. The maximum Gasteiger partial charge on any atom is 0.417 e. The number of pyridine rings is 1. The minimum Gasteiger partial charge on any atom is -0.475 e. The number of halogens is 3. The Balaban J connectivity index is 1.75. The second-order valence-electron chi connectivity index (χ2n) is 6.92. The molecule has 0 aliphatic heterocycles. The van der Waals surface area contributed by atoms with Gasteiger partial charge in [0, 0.05) is 18.8 Å². The number of nitrogens with zero attached hydrogens (tertiary/aromatic N) is 5. The molecule has 0 N–H and O–H groups in total. The molecular weight excluding hydrogens is 411 g/mol. The number of carbonyl (C=O) groups is 1. The number of aromatic nitrogens is 4. The van der Waals surface area contributed by atoms with Crippen LogP contribution < -0.4 is 4.74 Å². The lowest BCUT2D eigenvalue weighted by Gasteiger charge is -2.28. The first-order valence-corrected chi connectivity index (χ1v) is 9.65. The van der Waals surface area contributed by atoms with Gasteiger partial charge in [0.1, 0.15) is 12.3 Å². The number of aryl methyl sites for hydroxylation is 1. The van der Waals surface area contributed by atoms with E-state index in [1.807, 2.05) is 19.9 Å². The van der Waals surface area contributed by atoms with Crippen LogP contribution in [0.25, 0.3) is 5.69 Å². The van der Waals surface area contributed by atoms with Gasteiger partial charge in [0.05, 0.1) is 29.6 Å². The number of para-hydroxylation sites is 1. The van der Waals surface area contributed by atoms with Gasteiger partial charge in [-0.25, -0.2) is 4.98 Å². The maximum atomic E-state index is 13.3. The summed E-state index contributed by atoms with van der Waals surface area (Å²) >= 11 is 0. The molecule has 3 aromatic rings. The van der Waals surface area contributed by atoms with Crippen LogP contribution in [0.4, 0.5) is 13.2 Å². The molecule has 0 saturated carbocycles. The monoisotopic (exact) mass is 433 g/mol. The number of benzene rings is 1. The van der Waals surface area contributed by atoms with Crippen LogP contribution in [-0.4, -0.2) is 50.0 Å². The fourth-order valence-corrected chi connectivity index (χ4v) is 3.17. The highest BCUT2D eigenvalue weighted by molar-refractivity contribution is 5.98. The largest absolute Gasteiger partial charge is 0.475 e. The second kappa shape index (κ2) is 9.15. The summed E-state index contributed by atoms with van der Waals surface area (Å²) in [6.45, 7) is 5.98. The average molecular weight is 433 g/mol. The van der Waals surface area contributed by atoms with Gasteiger partial charge in [-0.2, -0.15) is 28.2 Å². The Labute approximate surface area is 177 Å². The molecule has 0 fully saturated rings. The molecule has 31 heavy (non-hydrogen) atoms. The van der Waals surface area contributed by atoms with Gasteiger partial charge in [0.25, 0.3) is 5.91 Å². The van der Waals surface area contributed by atoms with Gasteiger partial charge in [-0.3, -0.25) is 4.79 Å². The Morgan fingerprint density at radius 1 is 1.19 bits per heavy atom. The minimum atomic E-state index is -4.46. The normalized spacial score (nSPS) is 12.5. The zero-order valence-corrected chi connectivity index (χ0v) is 17.3. The van der Waals surface area contributed by atoms with Crippen LogP contribution in [0, 0.1) is 6.92 Å². The standard InChI is InChI=1S/C21H22F3N5O2/c1-4-28(15(3)13-31-18-9-8-16(12-25-18)21(22,23)24)20(30)17-7-5-6-14(2)19(17)29-26-10-11-27-29/h5-12,15H,4,13H2,1-3H3/t15-/m0/s1. The highest BCUT2D eigenvalue weighted by Gasteiger charge is 2.31. The smallest absolute Gasteiger partial charge is 0.417 e. The number of hydrogen-bond acceptors (Lipinski definition) is 5. The van der Waals surface area contributed by atoms with Gasteiger partial charge in [0.15, 0.2) is 0 Å².